The van der Waals surface area contributed by atoms with E-state index < -0.39 is 0 Å². The van der Waals surface area contributed by atoms with E-state index in [9.17, 15) is 4.79 Å². The maximum atomic E-state index is 11.9. The first-order chi connectivity index (χ1) is 6.43. The summed E-state index contributed by atoms with van der Waals surface area (Å²) in [5, 5.41) is 3.03. The summed E-state index contributed by atoms with van der Waals surface area (Å²) in [7, 11) is 0. The summed E-state index contributed by atoms with van der Waals surface area (Å²) >= 11 is 0. The van der Waals surface area contributed by atoms with Crippen LogP contribution in [-0.2, 0) is 4.79 Å². The Hall–Kier alpha value is -0.530. The van der Waals surface area contributed by atoms with Crippen molar-refractivity contribution in [2.24, 2.45) is 11.3 Å². The van der Waals surface area contributed by atoms with Gasteiger partial charge in [-0.2, -0.15) is 0 Å². The van der Waals surface area contributed by atoms with Crippen LogP contribution in [0.4, 0.5) is 0 Å². The minimum atomic E-state index is 0.192. The molecule has 1 amide bonds. The summed E-state index contributed by atoms with van der Waals surface area (Å²) < 4.78 is 0. The molecule has 1 rings (SSSR count). The Kier molecular flexibility index (Phi) is 3.57. The van der Waals surface area contributed by atoms with Gasteiger partial charge in [-0.05, 0) is 32.1 Å². The van der Waals surface area contributed by atoms with Gasteiger partial charge in [0, 0.05) is 12.0 Å². The lowest BCUT2D eigenvalue weighted by Crippen LogP contribution is -2.43. The molecule has 0 aromatic rings. The summed E-state index contributed by atoms with van der Waals surface area (Å²) in [6, 6.07) is 0.264. The third-order valence-electron chi connectivity index (χ3n) is 3.25. The molecule has 0 heterocycles. The van der Waals surface area contributed by atoms with Crippen LogP contribution < -0.4 is 5.32 Å². The lowest BCUT2D eigenvalue weighted by molar-refractivity contribution is -0.130. The number of carbonyl (C=O) groups is 1. The van der Waals surface area contributed by atoms with Crippen LogP contribution in [0.1, 0.15) is 53.4 Å². The SMILES string of the molecule is CC(C)NC(=O)C1CCCCC1(C)C. The molecule has 82 valence electrons. The molecule has 0 spiro atoms. The predicted molar refractivity (Wildman–Crippen MR) is 59.0 cm³/mol. The van der Waals surface area contributed by atoms with Crippen LogP contribution in [-0.4, -0.2) is 11.9 Å². The molecule has 2 heteroatoms. The van der Waals surface area contributed by atoms with Gasteiger partial charge in [0.25, 0.3) is 0 Å². The number of hydrogen-bond donors (Lipinski definition) is 1. The Bertz CT molecular complexity index is 208. The van der Waals surface area contributed by atoms with Gasteiger partial charge in [0.2, 0.25) is 5.91 Å². The predicted octanol–water partition coefficient (Wildman–Crippen LogP) is 2.73. The van der Waals surface area contributed by atoms with Gasteiger partial charge in [-0.3, -0.25) is 4.79 Å². The normalized spacial score (nSPS) is 26.2. The lowest BCUT2D eigenvalue weighted by Gasteiger charge is -2.37. The Morgan fingerprint density at radius 1 is 1.36 bits per heavy atom. The van der Waals surface area contributed by atoms with Crippen LogP contribution in [0, 0.1) is 11.3 Å². The number of amides is 1. The van der Waals surface area contributed by atoms with Crippen LogP contribution in [0.25, 0.3) is 0 Å². The Balaban J connectivity index is 2.60. The van der Waals surface area contributed by atoms with Crippen LogP contribution in [0.2, 0.25) is 0 Å². The largest absolute Gasteiger partial charge is 0.354 e. The van der Waals surface area contributed by atoms with Gasteiger partial charge in [-0.25, -0.2) is 0 Å². The van der Waals surface area contributed by atoms with E-state index in [4.69, 9.17) is 0 Å². The highest BCUT2D eigenvalue weighted by atomic mass is 16.2. The van der Waals surface area contributed by atoms with E-state index in [1.54, 1.807) is 0 Å². The van der Waals surface area contributed by atoms with Crippen molar-refractivity contribution < 1.29 is 4.79 Å². The molecule has 0 aliphatic heterocycles. The van der Waals surface area contributed by atoms with Crippen LogP contribution in [0.15, 0.2) is 0 Å². The highest BCUT2D eigenvalue weighted by Gasteiger charge is 2.36. The molecule has 0 bridgehead atoms. The monoisotopic (exact) mass is 197 g/mol. The van der Waals surface area contributed by atoms with Crippen molar-refractivity contribution in [1.29, 1.82) is 0 Å². The summed E-state index contributed by atoms with van der Waals surface area (Å²) in [4.78, 5) is 11.9. The van der Waals surface area contributed by atoms with Crippen molar-refractivity contribution in [2.45, 2.75) is 59.4 Å². The maximum absolute atomic E-state index is 11.9. The van der Waals surface area contributed by atoms with Crippen molar-refractivity contribution in [3.05, 3.63) is 0 Å². The van der Waals surface area contributed by atoms with E-state index in [1.807, 2.05) is 13.8 Å². The quantitative estimate of drug-likeness (QED) is 0.724. The maximum Gasteiger partial charge on any atom is 0.223 e. The van der Waals surface area contributed by atoms with E-state index >= 15 is 0 Å². The van der Waals surface area contributed by atoms with Crippen LogP contribution in [0.3, 0.4) is 0 Å². The molecule has 14 heavy (non-hydrogen) atoms. The standard InChI is InChI=1S/C12H23NO/c1-9(2)13-11(14)10-7-5-6-8-12(10,3)4/h9-10H,5-8H2,1-4H3,(H,13,14). The van der Waals surface area contributed by atoms with Crippen molar-refractivity contribution in [2.75, 3.05) is 0 Å². The van der Waals surface area contributed by atoms with Crippen LogP contribution >= 0.6 is 0 Å². The fourth-order valence-electron chi connectivity index (χ4n) is 2.37. The fraction of sp³-hybridized carbons (Fsp3) is 0.917. The zero-order valence-electron chi connectivity index (χ0n) is 9.89. The Labute approximate surface area is 87.5 Å². The third-order valence-corrected chi connectivity index (χ3v) is 3.25. The molecular weight excluding hydrogens is 174 g/mol. The summed E-state index contributed by atoms with van der Waals surface area (Å²) in [6.45, 7) is 8.48. The van der Waals surface area contributed by atoms with Gasteiger partial charge in [0.1, 0.15) is 0 Å². The Morgan fingerprint density at radius 3 is 2.50 bits per heavy atom. The molecule has 1 aliphatic carbocycles. The topological polar surface area (TPSA) is 29.1 Å². The number of rotatable bonds is 2. The minimum Gasteiger partial charge on any atom is -0.354 e. The highest BCUT2D eigenvalue weighted by molar-refractivity contribution is 5.79. The number of carbonyl (C=O) groups excluding carboxylic acids is 1. The summed E-state index contributed by atoms with van der Waals surface area (Å²) in [5.74, 6) is 0.475. The van der Waals surface area contributed by atoms with Crippen LogP contribution in [0.5, 0.6) is 0 Å². The first-order valence-corrected chi connectivity index (χ1v) is 5.74. The van der Waals surface area contributed by atoms with Gasteiger partial charge >= 0.3 is 0 Å². The Morgan fingerprint density at radius 2 is 2.00 bits per heavy atom. The summed E-state index contributed by atoms with van der Waals surface area (Å²) in [5.41, 5.74) is 0.192. The lowest BCUT2D eigenvalue weighted by atomic mass is 9.68. The van der Waals surface area contributed by atoms with Gasteiger partial charge in [-0.1, -0.05) is 26.7 Å². The molecule has 0 radical (unpaired) electrons. The van der Waals surface area contributed by atoms with E-state index in [0.717, 1.165) is 6.42 Å². The second-order valence-corrected chi connectivity index (χ2v) is 5.45. The molecular formula is C12H23NO. The molecule has 0 saturated heterocycles. The minimum absolute atomic E-state index is 0.192. The van der Waals surface area contributed by atoms with Gasteiger partial charge in [-0.15, -0.1) is 0 Å². The third kappa shape index (κ3) is 2.73. The van der Waals surface area contributed by atoms with Gasteiger partial charge in [0.15, 0.2) is 0 Å². The highest BCUT2D eigenvalue weighted by Crippen LogP contribution is 2.40. The number of hydrogen-bond acceptors (Lipinski definition) is 1. The van der Waals surface area contributed by atoms with E-state index in [-0.39, 0.29) is 23.3 Å². The molecule has 1 N–H and O–H groups in total. The first-order valence-electron chi connectivity index (χ1n) is 5.74. The van der Waals surface area contributed by atoms with E-state index in [2.05, 4.69) is 19.2 Å². The average Bonchev–Trinajstić information content (AvgIpc) is 2.01. The number of nitrogens with one attached hydrogen (secondary N) is 1. The zero-order valence-corrected chi connectivity index (χ0v) is 9.89. The molecule has 1 unspecified atom stereocenters. The van der Waals surface area contributed by atoms with Crippen molar-refractivity contribution in [3.63, 3.8) is 0 Å². The molecule has 2 nitrogen and oxygen atoms in total. The zero-order chi connectivity index (χ0) is 10.8. The second kappa shape index (κ2) is 4.33. The molecule has 1 aliphatic rings. The van der Waals surface area contributed by atoms with Gasteiger partial charge in [0.05, 0.1) is 0 Å². The second-order valence-electron chi connectivity index (χ2n) is 5.45. The van der Waals surface area contributed by atoms with E-state index in [1.165, 1.54) is 19.3 Å². The van der Waals surface area contributed by atoms with Crippen molar-refractivity contribution in [3.8, 4) is 0 Å². The molecule has 1 fully saturated rings. The smallest absolute Gasteiger partial charge is 0.223 e. The molecule has 0 aromatic carbocycles. The first kappa shape index (κ1) is 11.5. The molecule has 1 saturated carbocycles. The van der Waals surface area contributed by atoms with Crippen molar-refractivity contribution in [1.82, 2.24) is 5.32 Å². The fourth-order valence-corrected chi connectivity index (χ4v) is 2.37. The molecule has 1 atom stereocenters. The van der Waals surface area contributed by atoms with Crippen molar-refractivity contribution >= 4 is 5.91 Å². The van der Waals surface area contributed by atoms with E-state index in [0.29, 0.717) is 0 Å². The average molecular weight is 197 g/mol. The summed E-state index contributed by atoms with van der Waals surface area (Å²) in [6.07, 6.45) is 4.73. The molecule has 0 aromatic heterocycles. The van der Waals surface area contributed by atoms with Gasteiger partial charge < -0.3 is 5.32 Å².